The van der Waals surface area contributed by atoms with Crippen LogP contribution in [0.4, 0.5) is 0 Å². The van der Waals surface area contributed by atoms with Gasteiger partial charge in [-0.2, -0.15) is 4.31 Å². The van der Waals surface area contributed by atoms with Crippen molar-refractivity contribution in [1.82, 2.24) is 9.62 Å². The number of sulfonamides is 1. The van der Waals surface area contributed by atoms with E-state index in [0.29, 0.717) is 16.2 Å². The summed E-state index contributed by atoms with van der Waals surface area (Å²) < 4.78 is 25.4. The number of fused-ring (bicyclic) bond motifs is 1. The molecule has 0 saturated carbocycles. The van der Waals surface area contributed by atoms with Gasteiger partial charge in [0.05, 0.1) is 10.9 Å². The normalized spacial score (nSPS) is 22.3. The van der Waals surface area contributed by atoms with Crippen LogP contribution in [-0.2, 0) is 14.8 Å². The first kappa shape index (κ1) is 14.2. The van der Waals surface area contributed by atoms with Gasteiger partial charge in [0.1, 0.15) is 0 Å². The lowest BCUT2D eigenvalue weighted by Crippen LogP contribution is -2.42. The summed E-state index contributed by atoms with van der Waals surface area (Å²) in [6.45, 7) is 2.13. The molecule has 1 aliphatic heterocycles. The zero-order valence-corrected chi connectivity index (χ0v) is 12.4. The molecule has 0 spiro atoms. The number of nitrogens with zero attached hydrogens (tertiary/aromatic N) is 1. The van der Waals surface area contributed by atoms with Gasteiger partial charge in [-0.25, -0.2) is 8.42 Å². The third kappa shape index (κ3) is 2.72. The number of hydrogen-bond donors (Lipinski definition) is 1. The van der Waals surface area contributed by atoms with Gasteiger partial charge in [0.2, 0.25) is 15.9 Å². The predicted octanol–water partition coefficient (Wildman–Crippen LogP) is 1.51. The maximum Gasteiger partial charge on any atom is 0.244 e. The Morgan fingerprint density at radius 3 is 3.05 bits per heavy atom. The molecule has 0 saturated heterocycles. The fraction of sp³-hybridized carbons (Fsp3) is 0.417. The second kappa shape index (κ2) is 5.44. The molecule has 0 aromatic carbocycles. The number of hydrogen-bond acceptors (Lipinski definition) is 4. The van der Waals surface area contributed by atoms with Crippen molar-refractivity contribution in [3.05, 3.63) is 28.5 Å². The summed E-state index contributed by atoms with van der Waals surface area (Å²) >= 11 is 1.37. The number of allylic oxidation sites excluding steroid dienone is 1. The van der Waals surface area contributed by atoms with Crippen LogP contribution in [0.3, 0.4) is 0 Å². The number of carbonyl (C=O) groups is 1. The van der Waals surface area contributed by atoms with Crippen molar-refractivity contribution in [3.63, 3.8) is 0 Å². The zero-order chi connectivity index (χ0) is 14.0. The monoisotopic (exact) mass is 300 g/mol. The van der Waals surface area contributed by atoms with E-state index in [2.05, 4.69) is 5.32 Å². The Kier molecular flexibility index (Phi) is 4.07. The van der Waals surface area contributed by atoms with E-state index in [9.17, 15) is 13.2 Å². The van der Waals surface area contributed by atoms with Gasteiger partial charge in [-0.3, -0.25) is 4.79 Å². The van der Waals surface area contributed by atoms with Crippen molar-refractivity contribution in [3.8, 4) is 0 Å². The zero-order valence-electron chi connectivity index (χ0n) is 10.8. The van der Waals surface area contributed by atoms with E-state index in [-0.39, 0.29) is 18.5 Å². The number of likely N-dealkylation sites (N-methyl/N-ethyl adjacent to an activating group) is 1. The first-order valence-electron chi connectivity index (χ1n) is 5.91. The highest BCUT2D eigenvalue weighted by Gasteiger charge is 2.36. The van der Waals surface area contributed by atoms with E-state index >= 15 is 0 Å². The lowest BCUT2D eigenvalue weighted by atomic mass is 10.2. The highest BCUT2D eigenvalue weighted by molar-refractivity contribution is 7.89. The first-order valence-corrected chi connectivity index (χ1v) is 8.23. The number of thiophene rings is 1. The molecule has 1 aromatic heterocycles. The Morgan fingerprint density at radius 2 is 2.37 bits per heavy atom. The second-order valence-electron chi connectivity index (χ2n) is 4.33. The van der Waals surface area contributed by atoms with Gasteiger partial charge in [-0.05, 0) is 18.4 Å². The molecular formula is C12H16N2O3S2. The van der Waals surface area contributed by atoms with Crippen molar-refractivity contribution in [2.24, 2.45) is 0 Å². The Morgan fingerprint density at radius 1 is 1.63 bits per heavy atom. The number of rotatable bonds is 3. The lowest BCUT2D eigenvalue weighted by molar-refractivity contribution is -0.121. The smallest absolute Gasteiger partial charge is 0.244 e. The quantitative estimate of drug-likeness (QED) is 0.860. The van der Waals surface area contributed by atoms with Crippen molar-refractivity contribution < 1.29 is 13.2 Å². The van der Waals surface area contributed by atoms with E-state index in [1.165, 1.54) is 22.7 Å². The van der Waals surface area contributed by atoms with E-state index in [1.807, 2.05) is 13.0 Å². The number of nitrogens with one attached hydrogen (secondary N) is 1. The van der Waals surface area contributed by atoms with Crippen LogP contribution in [0.1, 0.15) is 24.3 Å². The SMILES string of the molecule is C/C=C/CC(=O)N[C@H]1CN(C)S(=O)(=O)c2ccsc21. The molecule has 104 valence electrons. The van der Waals surface area contributed by atoms with Crippen molar-refractivity contribution in [2.45, 2.75) is 24.3 Å². The topological polar surface area (TPSA) is 66.5 Å². The van der Waals surface area contributed by atoms with Crippen LogP contribution in [0, 0.1) is 0 Å². The molecule has 1 aromatic rings. The Labute approximate surface area is 117 Å². The fourth-order valence-electron chi connectivity index (χ4n) is 1.97. The molecular weight excluding hydrogens is 284 g/mol. The molecule has 1 aliphatic rings. The van der Waals surface area contributed by atoms with E-state index in [0.717, 1.165) is 0 Å². The van der Waals surface area contributed by atoms with Gasteiger partial charge < -0.3 is 5.32 Å². The van der Waals surface area contributed by atoms with Gasteiger partial charge in [-0.15, -0.1) is 11.3 Å². The summed E-state index contributed by atoms with van der Waals surface area (Å²) in [7, 11) is -1.86. The highest BCUT2D eigenvalue weighted by atomic mass is 32.2. The molecule has 5 nitrogen and oxygen atoms in total. The van der Waals surface area contributed by atoms with Gasteiger partial charge >= 0.3 is 0 Å². The Hall–Kier alpha value is -1.18. The van der Waals surface area contributed by atoms with Crippen LogP contribution in [-0.4, -0.2) is 32.2 Å². The second-order valence-corrected chi connectivity index (χ2v) is 7.29. The summed E-state index contributed by atoms with van der Waals surface area (Å²) in [6, 6.07) is 1.33. The summed E-state index contributed by atoms with van der Waals surface area (Å²) in [5, 5.41) is 4.62. The summed E-state index contributed by atoms with van der Waals surface area (Å²) in [5.74, 6) is -0.102. The van der Waals surface area contributed by atoms with Gasteiger partial charge in [0.15, 0.2) is 0 Å². The Bertz CT molecular complexity index is 604. The minimum atomic E-state index is -3.38. The minimum absolute atomic E-state index is 0.102. The Balaban J connectivity index is 2.23. The molecule has 0 bridgehead atoms. The van der Waals surface area contributed by atoms with Crippen LogP contribution in [0.15, 0.2) is 28.5 Å². The molecule has 7 heteroatoms. The molecule has 1 N–H and O–H groups in total. The predicted molar refractivity (Wildman–Crippen MR) is 74.4 cm³/mol. The van der Waals surface area contributed by atoms with Crippen molar-refractivity contribution in [1.29, 1.82) is 0 Å². The van der Waals surface area contributed by atoms with Gasteiger partial charge in [0, 0.05) is 24.9 Å². The number of carbonyl (C=O) groups excluding carboxylic acids is 1. The molecule has 1 atom stereocenters. The average Bonchev–Trinajstić information content (AvgIpc) is 2.84. The van der Waals surface area contributed by atoms with Gasteiger partial charge in [-0.1, -0.05) is 12.2 Å². The molecule has 19 heavy (non-hydrogen) atoms. The van der Waals surface area contributed by atoms with Crippen LogP contribution < -0.4 is 5.32 Å². The third-order valence-electron chi connectivity index (χ3n) is 2.98. The molecule has 0 aliphatic carbocycles. The van der Waals surface area contributed by atoms with Crippen LogP contribution in [0.2, 0.25) is 0 Å². The lowest BCUT2D eigenvalue weighted by Gasteiger charge is -2.29. The molecule has 1 amide bonds. The van der Waals surface area contributed by atoms with Crippen LogP contribution in [0.5, 0.6) is 0 Å². The third-order valence-corrected chi connectivity index (χ3v) is 6.02. The molecule has 2 rings (SSSR count). The maximum atomic E-state index is 12.1. The highest BCUT2D eigenvalue weighted by Crippen LogP contribution is 2.35. The van der Waals surface area contributed by atoms with E-state index in [1.54, 1.807) is 17.5 Å². The minimum Gasteiger partial charge on any atom is -0.347 e. The molecule has 2 heterocycles. The van der Waals surface area contributed by atoms with E-state index < -0.39 is 10.0 Å². The molecule has 0 radical (unpaired) electrons. The largest absolute Gasteiger partial charge is 0.347 e. The van der Waals surface area contributed by atoms with Crippen molar-refractivity contribution in [2.75, 3.05) is 13.6 Å². The molecule has 0 unspecified atom stereocenters. The van der Waals surface area contributed by atoms with Crippen LogP contribution >= 0.6 is 11.3 Å². The van der Waals surface area contributed by atoms with Crippen molar-refractivity contribution >= 4 is 27.3 Å². The van der Waals surface area contributed by atoms with E-state index in [4.69, 9.17) is 0 Å². The standard InChI is InChI=1S/C12H16N2O3S2/c1-3-4-5-11(15)13-9-8-14(2)19(16,17)10-6-7-18-12(9)10/h3-4,6-7,9H,5,8H2,1-2H3,(H,13,15)/b4-3+/t9-/m0/s1. The first-order chi connectivity index (χ1) is 8.96. The van der Waals surface area contributed by atoms with Crippen LogP contribution in [0.25, 0.3) is 0 Å². The van der Waals surface area contributed by atoms with Gasteiger partial charge in [0.25, 0.3) is 0 Å². The fourth-order valence-corrected chi connectivity index (χ4v) is 4.67. The average molecular weight is 300 g/mol. The maximum absolute atomic E-state index is 12.1. The number of amides is 1. The molecule has 0 fully saturated rings. The summed E-state index contributed by atoms with van der Waals surface area (Å²) in [5.41, 5.74) is 0. The summed E-state index contributed by atoms with van der Waals surface area (Å²) in [4.78, 5) is 12.8. The summed E-state index contributed by atoms with van der Waals surface area (Å²) in [6.07, 6.45) is 3.89.